The maximum Gasteiger partial charge on any atom is 0.272 e. The number of nitrogens with one attached hydrogen (secondary N) is 5. The van der Waals surface area contributed by atoms with Gasteiger partial charge in [-0.3, -0.25) is 19.2 Å². The highest BCUT2D eigenvalue weighted by molar-refractivity contribution is 6.06. The topological polar surface area (TPSA) is 212 Å². The lowest BCUT2D eigenvalue weighted by atomic mass is 10.0. The molecule has 1 aliphatic heterocycles. The quantitative estimate of drug-likeness (QED) is 0.116. The molecule has 4 amide bonds. The largest absolute Gasteiger partial charge is 0.388 e. The van der Waals surface area contributed by atoms with E-state index in [-0.39, 0.29) is 43.0 Å². The lowest BCUT2D eigenvalue weighted by Gasteiger charge is -2.35. The van der Waals surface area contributed by atoms with E-state index < -0.39 is 30.4 Å². The van der Waals surface area contributed by atoms with Crippen LogP contribution in [0.15, 0.2) is 54.9 Å². The predicted octanol–water partition coefficient (Wildman–Crippen LogP) is 0.415. The number of para-hydroxylation sites is 1. The highest BCUT2D eigenvalue weighted by Crippen LogP contribution is 2.19. The first kappa shape index (κ1) is 31.5. The van der Waals surface area contributed by atoms with Gasteiger partial charge in [0.15, 0.2) is 6.23 Å². The van der Waals surface area contributed by atoms with Crippen LogP contribution in [0.25, 0.3) is 10.9 Å². The number of aromatic amines is 1. The second kappa shape index (κ2) is 13.4. The van der Waals surface area contributed by atoms with Crippen molar-refractivity contribution in [3.63, 3.8) is 0 Å². The molecule has 4 atom stereocenters. The maximum atomic E-state index is 12.7. The molecule has 1 aromatic carbocycles. The van der Waals surface area contributed by atoms with E-state index in [0.29, 0.717) is 29.2 Å². The lowest BCUT2D eigenvalue weighted by molar-refractivity contribution is -0.191. The minimum absolute atomic E-state index is 0.0952. The van der Waals surface area contributed by atoms with Crippen molar-refractivity contribution in [2.24, 2.45) is 14.1 Å². The molecule has 0 radical (unpaired) electrons. The van der Waals surface area contributed by atoms with Crippen LogP contribution in [0.1, 0.15) is 44.3 Å². The highest BCUT2D eigenvalue weighted by Gasteiger charge is 2.38. The number of aryl methyl sites for hydroxylation is 2. The van der Waals surface area contributed by atoms with E-state index in [0.717, 1.165) is 10.9 Å². The van der Waals surface area contributed by atoms with Crippen molar-refractivity contribution in [3.8, 4) is 0 Å². The lowest BCUT2D eigenvalue weighted by Crippen LogP contribution is -2.59. The van der Waals surface area contributed by atoms with Crippen molar-refractivity contribution in [1.29, 1.82) is 0 Å². The fourth-order valence-electron chi connectivity index (χ4n) is 5.01. The molecule has 1 aliphatic rings. The number of nitrogens with zero attached hydrogens (tertiary/aromatic N) is 2. The van der Waals surface area contributed by atoms with Crippen molar-refractivity contribution in [2.75, 3.05) is 23.8 Å². The number of fused-ring (bicyclic) bond motifs is 1. The number of benzene rings is 1. The van der Waals surface area contributed by atoms with Crippen molar-refractivity contribution in [3.05, 3.63) is 71.9 Å². The summed E-state index contributed by atoms with van der Waals surface area (Å²) in [6, 6.07) is 12.3. The van der Waals surface area contributed by atoms with Crippen molar-refractivity contribution in [1.82, 2.24) is 24.8 Å². The molecule has 0 unspecified atom stereocenters. The highest BCUT2D eigenvalue weighted by atomic mass is 16.5. The number of rotatable bonds is 10. The van der Waals surface area contributed by atoms with Gasteiger partial charge in [0.1, 0.15) is 35.4 Å². The fraction of sp³-hybridized carbons (Fsp3) is 0.333. The van der Waals surface area contributed by atoms with E-state index >= 15 is 0 Å². The van der Waals surface area contributed by atoms with Crippen LogP contribution in [0.4, 0.5) is 11.4 Å². The van der Waals surface area contributed by atoms with Crippen molar-refractivity contribution < 1.29 is 39.2 Å². The van der Waals surface area contributed by atoms with Crippen LogP contribution in [-0.4, -0.2) is 90.8 Å². The van der Waals surface area contributed by atoms with Gasteiger partial charge in [-0.15, -0.1) is 0 Å². The molecular weight excluding hydrogens is 586 g/mol. The van der Waals surface area contributed by atoms with Gasteiger partial charge < -0.3 is 55.4 Å². The van der Waals surface area contributed by atoms with Gasteiger partial charge in [-0.1, -0.05) is 18.2 Å². The van der Waals surface area contributed by atoms with Crippen LogP contribution < -0.4 is 21.3 Å². The molecule has 0 aliphatic carbocycles. The second-order valence-corrected chi connectivity index (χ2v) is 10.9. The predicted molar refractivity (Wildman–Crippen MR) is 163 cm³/mol. The maximum absolute atomic E-state index is 12.7. The molecule has 15 nitrogen and oxygen atoms in total. The average molecular weight is 622 g/mol. The number of hydrogen-bond donors (Lipinski definition) is 8. The van der Waals surface area contributed by atoms with E-state index in [2.05, 4.69) is 26.3 Å². The zero-order valence-electron chi connectivity index (χ0n) is 24.6. The number of aliphatic hydroxyl groups excluding tert-OH is 3. The standard InChI is InChI=1S/C30H35N7O8/c1-36-14-18(33-27(42)20-10-16-6-3-4-7-19(16)34-20)12-21(36)28(43)31-9-5-8-24(39)32-17-11-22(37(2)13-17)29(44)35-30-26(41)25(40)23(38)15-45-30/h3-4,6-7,10-14,23,25-26,30,34,38,40-41H,5,8-9,15H2,1-2H3,(H,31,43)(H,32,39)(H,33,42)(H,35,44)/t23-,25+,26-,30-/m1/s1. The fourth-order valence-corrected chi connectivity index (χ4v) is 5.01. The molecule has 238 valence electrons. The smallest absolute Gasteiger partial charge is 0.272 e. The minimum Gasteiger partial charge on any atom is -0.388 e. The molecule has 0 spiro atoms. The average Bonchev–Trinajstić information content (AvgIpc) is 3.71. The Labute approximate surface area is 257 Å². The normalized spacial score (nSPS) is 19.7. The van der Waals surface area contributed by atoms with Gasteiger partial charge >= 0.3 is 0 Å². The molecule has 0 saturated carbocycles. The first-order valence-electron chi connectivity index (χ1n) is 14.3. The Morgan fingerprint density at radius 3 is 2.27 bits per heavy atom. The molecule has 5 rings (SSSR count). The van der Waals surface area contributed by atoms with Crippen LogP contribution in [0.3, 0.4) is 0 Å². The summed E-state index contributed by atoms with van der Waals surface area (Å²) in [7, 11) is 3.28. The molecule has 15 heteroatoms. The molecule has 4 heterocycles. The Balaban J connectivity index is 1.06. The molecule has 3 aromatic heterocycles. The Morgan fingerprint density at radius 2 is 1.56 bits per heavy atom. The summed E-state index contributed by atoms with van der Waals surface area (Å²) < 4.78 is 8.28. The molecule has 0 bridgehead atoms. The van der Waals surface area contributed by atoms with E-state index in [1.807, 2.05) is 24.3 Å². The first-order chi connectivity index (χ1) is 21.5. The summed E-state index contributed by atoms with van der Waals surface area (Å²) in [6.07, 6.45) is -1.85. The zero-order chi connectivity index (χ0) is 32.2. The molecule has 1 fully saturated rings. The van der Waals surface area contributed by atoms with Gasteiger partial charge in [0.05, 0.1) is 18.0 Å². The van der Waals surface area contributed by atoms with Crippen LogP contribution >= 0.6 is 0 Å². The van der Waals surface area contributed by atoms with Crippen molar-refractivity contribution >= 4 is 45.9 Å². The summed E-state index contributed by atoms with van der Waals surface area (Å²) >= 11 is 0. The second-order valence-electron chi connectivity index (χ2n) is 10.9. The van der Waals surface area contributed by atoms with Crippen molar-refractivity contribution in [2.45, 2.75) is 37.4 Å². The summed E-state index contributed by atoms with van der Waals surface area (Å²) in [6.45, 7) is -0.0318. The Morgan fingerprint density at radius 1 is 0.889 bits per heavy atom. The molecule has 4 aromatic rings. The summed E-state index contributed by atoms with van der Waals surface area (Å²) in [4.78, 5) is 53.7. The SMILES string of the molecule is Cn1cc(NC(=O)c2cc3ccccc3[nH]2)cc1C(=O)NCCCC(=O)Nc1cc(C(=O)N[C@@H]2OC[C@@H](O)[C@H](O)[C@H]2O)n(C)c1. The number of H-pyrrole nitrogens is 1. The Kier molecular flexibility index (Phi) is 9.34. The molecular formula is C30H35N7O8. The van der Waals surface area contributed by atoms with E-state index in [1.54, 1.807) is 37.0 Å². The number of amides is 4. The van der Waals surface area contributed by atoms with Crippen LogP contribution in [0, 0.1) is 0 Å². The number of anilines is 2. The minimum atomic E-state index is -1.52. The third-order valence-electron chi connectivity index (χ3n) is 7.43. The summed E-state index contributed by atoms with van der Waals surface area (Å²) in [5.41, 5.74) is 2.56. The summed E-state index contributed by atoms with van der Waals surface area (Å²) in [5.74, 6) is -1.64. The van der Waals surface area contributed by atoms with E-state index in [1.165, 1.54) is 16.8 Å². The van der Waals surface area contributed by atoms with Crippen LogP contribution in [0.5, 0.6) is 0 Å². The third kappa shape index (κ3) is 7.24. The number of hydrogen-bond acceptors (Lipinski definition) is 8. The number of aromatic nitrogens is 3. The molecule has 45 heavy (non-hydrogen) atoms. The summed E-state index contributed by atoms with van der Waals surface area (Å²) in [5, 5.41) is 41.1. The zero-order valence-corrected chi connectivity index (χ0v) is 24.6. The van der Waals surface area contributed by atoms with Gasteiger partial charge in [0.25, 0.3) is 17.7 Å². The molecule has 1 saturated heterocycles. The monoisotopic (exact) mass is 621 g/mol. The third-order valence-corrected chi connectivity index (χ3v) is 7.43. The number of ether oxygens (including phenoxy) is 1. The number of carbonyl (C=O) groups excluding carboxylic acids is 4. The Hall–Kier alpha value is -4.96. The van der Waals surface area contributed by atoms with Gasteiger partial charge in [-0.25, -0.2) is 0 Å². The van der Waals surface area contributed by atoms with Gasteiger partial charge in [-0.05, 0) is 30.7 Å². The van der Waals surface area contributed by atoms with E-state index in [9.17, 15) is 34.5 Å². The first-order valence-corrected chi connectivity index (χ1v) is 14.3. The van der Waals surface area contributed by atoms with Gasteiger partial charge in [-0.2, -0.15) is 0 Å². The molecule has 8 N–H and O–H groups in total. The van der Waals surface area contributed by atoms with Crippen LogP contribution in [-0.2, 0) is 23.6 Å². The van der Waals surface area contributed by atoms with E-state index in [4.69, 9.17) is 4.74 Å². The Bertz CT molecular complexity index is 1690. The van der Waals surface area contributed by atoms with Gasteiger partial charge in [0, 0.05) is 50.4 Å². The number of aliphatic hydroxyl groups is 3. The van der Waals surface area contributed by atoms with Gasteiger partial charge in [0.2, 0.25) is 5.91 Å². The van der Waals surface area contributed by atoms with Crippen LogP contribution in [0.2, 0.25) is 0 Å². The number of carbonyl (C=O) groups is 4.